The highest BCUT2D eigenvalue weighted by Gasteiger charge is 2.29. The maximum atomic E-state index is 12.4. The van der Waals surface area contributed by atoms with Crippen LogP contribution in [0.3, 0.4) is 0 Å². The first-order valence-electron chi connectivity index (χ1n) is 6.33. The number of likely N-dealkylation sites (tertiary alicyclic amines) is 1. The quantitative estimate of drug-likeness (QED) is 0.845. The lowest BCUT2D eigenvalue weighted by Gasteiger charge is -2.34. The molecule has 0 radical (unpaired) electrons. The molecule has 1 saturated heterocycles. The third-order valence-corrected chi connectivity index (χ3v) is 3.39. The number of amides is 1. The standard InChI is InChI=1S/C13H17NO5/c15-8-9-3-1-2-5-14(9)13(18)10-4-6-19-11(10)7-12(16)17/h4,6,9,15H,1-3,5,7-8H2,(H,16,17). The minimum Gasteiger partial charge on any atom is -0.481 e. The zero-order valence-corrected chi connectivity index (χ0v) is 10.5. The van der Waals surface area contributed by atoms with Crippen LogP contribution in [-0.2, 0) is 11.2 Å². The Balaban J connectivity index is 2.18. The summed E-state index contributed by atoms with van der Waals surface area (Å²) in [5.41, 5.74) is 0.280. The van der Waals surface area contributed by atoms with E-state index >= 15 is 0 Å². The average Bonchev–Trinajstić information content (AvgIpc) is 2.85. The van der Waals surface area contributed by atoms with Crippen LogP contribution >= 0.6 is 0 Å². The van der Waals surface area contributed by atoms with E-state index in [1.807, 2.05) is 0 Å². The van der Waals surface area contributed by atoms with Crippen LogP contribution in [0.25, 0.3) is 0 Å². The van der Waals surface area contributed by atoms with Gasteiger partial charge in [0.25, 0.3) is 5.91 Å². The molecule has 1 fully saturated rings. The number of aliphatic hydroxyl groups excluding tert-OH is 1. The van der Waals surface area contributed by atoms with Crippen LogP contribution in [-0.4, -0.2) is 46.2 Å². The fourth-order valence-corrected chi connectivity index (χ4v) is 2.42. The van der Waals surface area contributed by atoms with E-state index in [0.29, 0.717) is 6.54 Å². The van der Waals surface area contributed by atoms with Crippen LogP contribution in [0.2, 0.25) is 0 Å². The highest BCUT2D eigenvalue weighted by atomic mass is 16.4. The summed E-state index contributed by atoms with van der Waals surface area (Å²) < 4.78 is 5.07. The van der Waals surface area contributed by atoms with Gasteiger partial charge in [-0.25, -0.2) is 0 Å². The monoisotopic (exact) mass is 267 g/mol. The zero-order chi connectivity index (χ0) is 13.8. The van der Waals surface area contributed by atoms with Gasteiger partial charge in [0.2, 0.25) is 0 Å². The van der Waals surface area contributed by atoms with Crippen LogP contribution in [0.15, 0.2) is 16.7 Å². The SMILES string of the molecule is O=C(O)Cc1occc1C(=O)N1CCCCC1CO. The molecule has 2 heterocycles. The molecule has 2 rings (SSSR count). The highest BCUT2D eigenvalue weighted by molar-refractivity contribution is 5.96. The molecule has 1 aliphatic heterocycles. The number of carbonyl (C=O) groups is 2. The van der Waals surface area contributed by atoms with Crippen LogP contribution in [0.4, 0.5) is 0 Å². The van der Waals surface area contributed by atoms with Gasteiger partial charge in [0.15, 0.2) is 0 Å². The smallest absolute Gasteiger partial charge is 0.311 e. The summed E-state index contributed by atoms with van der Waals surface area (Å²) in [6.07, 6.45) is 3.67. The first-order valence-corrected chi connectivity index (χ1v) is 6.33. The van der Waals surface area contributed by atoms with Crippen molar-refractivity contribution >= 4 is 11.9 Å². The average molecular weight is 267 g/mol. The fraction of sp³-hybridized carbons (Fsp3) is 0.538. The highest BCUT2D eigenvalue weighted by Crippen LogP contribution is 2.21. The van der Waals surface area contributed by atoms with Crippen molar-refractivity contribution in [1.29, 1.82) is 0 Å². The van der Waals surface area contributed by atoms with E-state index in [4.69, 9.17) is 9.52 Å². The van der Waals surface area contributed by atoms with Gasteiger partial charge in [-0.2, -0.15) is 0 Å². The van der Waals surface area contributed by atoms with Gasteiger partial charge in [0.1, 0.15) is 12.2 Å². The topological polar surface area (TPSA) is 91.0 Å². The van der Waals surface area contributed by atoms with E-state index in [1.54, 1.807) is 4.90 Å². The van der Waals surface area contributed by atoms with E-state index < -0.39 is 5.97 Å². The molecule has 1 unspecified atom stereocenters. The number of furan rings is 1. The lowest BCUT2D eigenvalue weighted by molar-refractivity contribution is -0.136. The molecule has 0 aliphatic carbocycles. The number of nitrogens with zero attached hydrogens (tertiary/aromatic N) is 1. The van der Waals surface area contributed by atoms with Gasteiger partial charge in [-0.1, -0.05) is 0 Å². The summed E-state index contributed by atoms with van der Waals surface area (Å²) in [5, 5.41) is 18.1. The molecule has 2 N–H and O–H groups in total. The third-order valence-electron chi connectivity index (χ3n) is 3.39. The first-order chi connectivity index (χ1) is 9.13. The van der Waals surface area contributed by atoms with E-state index in [0.717, 1.165) is 19.3 Å². The maximum absolute atomic E-state index is 12.4. The lowest BCUT2D eigenvalue weighted by Crippen LogP contribution is -2.45. The molecule has 0 saturated carbocycles. The molecule has 6 nitrogen and oxygen atoms in total. The van der Waals surface area contributed by atoms with Crippen LogP contribution in [0, 0.1) is 0 Å². The molecule has 1 aliphatic rings. The van der Waals surface area contributed by atoms with Crippen molar-refractivity contribution in [2.24, 2.45) is 0 Å². The van der Waals surface area contributed by atoms with Crippen molar-refractivity contribution < 1.29 is 24.2 Å². The van der Waals surface area contributed by atoms with Crippen molar-refractivity contribution in [3.8, 4) is 0 Å². The van der Waals surface area contributed by atoms with Crippen molar-refractivity contribution in [2.75, 3.05) is 13.2 Å². The van der Waals surface area contributed by atoms with Gasteiger partial charge in [-0.05, 0) is 25.3 Å². The Hall–Kier alpha value is -1.82. The van der Waals surface area contributed by atoms with Crippen LogP contribution in [0.1, 0.15) is 35.4 Å². The molecular formula is C13H17NO5. The molecule has 0 bridgehead atoms. The Morgan fingerprint density at radius 1 is 1.42 bits per heavy atom. The number of hydrogen-bond acceptors (Lipinski definition) is 4. The molecule has 1 aromatic rings. The van der Waals surface area contributed by atoms with Crippen LogP contribution < -0.4 is 0 Å². The van der Waals surface area contributed by atoms with Gasteiger partial charge in [0, 0.05) is 6.54 Å². The van der Waals surface area contributed by atoms with Crippen LogP contribution in [0.5, 0.6) is 0 Å². The number of carboxylic acid groups (broad SMARTS) is 1. The molecule has 1 aromatic heterocycles. The molecule has 0 spiro atoms. The predicted octanol–water partition coefficient (Wildman–Crippen LogP) is 0.894. The van der Waals surface area contributed by atoms with Crippen molar-refractivity contribution in [2.45, 2.75) is 31.7 Å². The number of piperidine rings is 1. The normalized spacial score (nSPS) is 19.4. The summed E-state index contributed by atoms with van der Waals surface area (Å²) >= 11 is 0. The second kappa shape index (κ2) is 5.88. The lowest BCUT2D eigenvalue weighted by atomic mass is 10.0. The Morgan fingerprint density at radius 3 is 2.89 bits per heavy atom. The van der Waals surface area contributed by atoms with Crippen molar-refractivity contribution in [3.63, 3.8) is 0 Å². The first kappa shape index (κ1) is 13.6. The van der Waals surface area contributed by atoms with E-state index in [2.05, 4.69) is 0 Å². The Kier molecular flexibility index (Phi) is 4.21. The van der Waals surface area contributed by atoms with E-state index in [-0.39, 0.29) is 36.3 Å². The summed E-state index contributed by atoms with van der Waals surface area (Å²) in [6, 6.07) is 1.30. The molecule has 6 heteroatoms. The van der Waals surface area contributed by atoms with Gasteiger partial charge in [0.05, 0.1) is 24.5 Å². The summed E-state index contributed by atoms with van der Waals surface area (Å²) in [6.45, 7) is 0.513. The summed E-state index contributed by atoms with van der Waals surface area (Å²) in [7, 11) is 0. The minimum absolute atomic E-state index is 0.0716. The molecule has 0 aromatic carbocycles. The number of aliphatic carboxylic acids is 1. The van der Waals surface area contributed by atoms with Crippen molar-refractivity contribution in [3.05, 3.63) is 23.7 Å². The summed E-state index contributed by atoms with van der Waals surface area (Å²) in [5.74, 6) is -1.13. The van der Waals surface area contributed by atoms with E-state index in [9.17, 15) is 14.7 Å². The Bertz CT molecular complexity index is 467. The predicted molar refractivity (Wildman–Crippen MR) is 65.8 cm³/mol. The fourth-order valence-electron chi connectivity index (χ4n) is 2.42. The number of carboxylic acids is 1. The largest absolute Gasteiger partial charge is 0.481 e. The number of carbonyl (C=O) groups excluding carboxylic acids is 1. The van der Waals surface area contributed by atoms with Crippen molar-refractivity contribution in [1.82, 2.24) is 4.90 Å². The van der Waals surface area contributed by atoms with Gasteiger partial charge in [-0.3, -0.25) is 9.59 Å². The molecule has 1 atom stereocenters. The molecule has 1 amide bonds. The second-order valence-corrected chi connectivity index (χ2v) is 4.66. The zero-order valence-electron chi connectivity index (χ0n) is 10.5. The second-order valence-electron chi connectivity index (χ2n) is 4.66. The summed E-state index contributed by atoms with van der Waals surface area (Å²) in [4.78, 5) is 24.7. The van der Waals surface area contributed by atoms with Gasteiger partial charge >= 0.3 is 5.97 Å². The number of rotatable bonds is 4. The Morgan fingerprint density at radius 2 is 2.21 bits per heavy atom. The number of hydrogen-bond donors (Lipinski definition) is 2. The maximum Gasteiger partial charge on any atom is 0.311 e. The van der Waals surface area contributed by atoms with Gasteiger partial charge in [-0.15, -0.1) is 0 Å². The minimum atomic E-state index is -1.04. The van der Waals surface area contributed by atoms with E-state index in [1.165, 1.54) is 12.3 Å². The molecule has 104 valence electrons. The molecule has 19 heavy (non-hydrogen) atoms. The number of aliphatic hydroxyl groups is 1. The van der Waals surface area contributed by atoms with Gasteiger partial charge < -0.3 is 19.5 Å². The molecular weight excluding hydrogens is 250 g/mol. The Labute approximate surface area is 110 Å². The third kappa shape index (κ3) is 2.96.